The Morgan fingerprint density at radius 2 is 1.50 bits per heavy atom. The zero-order chi connectivity index (χ0) is 17.1. The lowest BCUT2D eigenvalue weighted by Gasteiger charge is -2.25. The van der Waals surface area contributed by atoms with Gasteiger partial charge in [-0.05, 0) is 73.3 Å². The van der Waals surface area contributed by atoms with E-state index in [1.165, 1.54) is 37.0 Å². The Hall–Kier alpha value is -1.45. The third-order valence-electron chi connectivity index (χ3n) is 5.00. The van der Waals surface area contributed by atoms with Gasteiger partial charge in [-0.15, -0.1) is 0 Å². The number of hydrogen-bond acceptors (Lipinski definition) is 1. The average Bonchev–Trinajstić information content (AvgIpc) is 2.59. The van der Waals surface area contributed by atoms with Crippen LogP contribution in [0.25, 0.3) is 11.1 Å². The minimum atomic E-state index is -0.730. The van der Waals surface area contributed by atoms with Crippen molar-refractivity contribution in [2.75, 3.05) is 0 Å². The van der Waals surface area contributed by atoms with E-state index in [1.807, 2.05) is 24.3 Å². The van der Waals surface area contributed by atoms with Gasteiger partial charge in [0.2, 0.25) is 0 Å². The topological polar surface area (TPSA) is 26.0 Å². The lowest BCUT2D eigenvalue weighted by Crippen LogP contribution is -2.26. The molecule has 3 rings (SSSR count). The van der Waals surface area contributed by atoms with Gasteiger partial charge in [-0.25, -0.2) is 8.78 Å². The van der Waals surface area contributed by atoms with Gasteiger partial charge in [0.15, 0.2) is 0 Å². The fourth-order valence-electron chi connectivity index (χ4n) is 3.43. The van der Waals surface area contributed by atoms with Gasteiger partial charge in [-0.3, -0.25) is 0 Å². The second kappa shape index (κ2) is 7.62. The molecule has 0 spiro atoms. The summed E-state index contributed by atoms with van der Waals surface area (Å²) >= 11 is 5.53. The Balaban J connectivity index is 1.63. The highest BCUT2D eigenvalue weighted by molar-refractivity contribution is 6.31. The standard InChI is InChI=1S/C20H22ClF2N/c21-20-18(22)11-16(12-19(20)23)15-7-3-13(4-8-15)1-2-14-5-9-17(24)10-6-14/h3-4,7-8,11-12,14,17H,1-2,5-6,9-10,24H2. The fourth-order valence-corrected chi connectivity index (χ4v) is 3.54. The van der Waals surface area contributed by atoms with Gasteiger partial charge in [0.05, 0.1) is 0 Å². The van der Waals surface area contributed by atoms with Crippen LogP contribution in [0.4, 0.5) is 8.78 Å². The van der Waals surface area contributed by atoms with Gasteiger partial charge < -0.3 is 5.73 Å². The number of hydrogen-bond donors (Lipinski definition) is 1. The van der Waals surface area contributed by atoms with Crippen LogP contribution < -0.4 is 5.73 Å². The molecule has 128 valence electrons. The van der Waals surface area contributed by atoms with Crippen LogP contribution in [-0.4, -0.2) is 6.04 Å². The van der Waals surface area contributed by atoms with E-state index in [2.05, 4.69) is 0 Å². The molecule has 0 atom stereocenters. The highest BCUT2D eigenvalue weighted by Gasteiger charge is 2.18. The first-order valence-electron chi connectivity index (χ1n) is 8.52. The third kappa shape index (κ3) is 4.14. The summed E-state index contributed by atoms with van der Waals surface area (Å²) in [7, 11) is 0. The Morgan fingerprint density at radius 1 is 0.917 bits per heavy atom. The molecular formula is C20H22ClF2N. The number of rotatable bonds is 4. The summed E-state index contributed by atoms with van der Waals surface area (Å²) in [6.45, 7) is 0. The van der Waals surface area contributed by atoms with E-state index in [-0.39, 0.29) is 0 Å². The number of aryl methyl sites for hydroxylation is 1. The maximum Gasteiger partial charge on any atom is 0.145 e. The van der Waals surface area contributed by atoms with Crippen LogP contribution in [0, 0.1) is 17.6 Å². The smallest absolute Gasteiger partial charge is 0.145 e. The van der Waals surface area contributed by atoms with Crippen LogP contribution in [0.1, 0.15) is 37.7 Å². The van der Waals surface area contributed by atoms with Crippen molar-refractivity contribution in [2.45, 2.75) is 44.6 Å². The van der Waals surface area contributed by atoms with Crippen LogP contribution in [0.2, 0.25) is 5.02 Å². The monoisotopic (exact) mass is 349 g/mol. The molecule has 4 heteroatoms. The third-order valence-corrected chi connectivity index (χ3v) is 5.36. The molecule has 2 aromatic carbocycles. The predicted octanol–water partition coefficient (Wildman–Crippen LogP) is 5.74. The van der Waals surface area contributed by atoms with Gasteiger partial charge in [0.1, 0.15) is 16.7 Å². The average molecular weight is 350 g/mol. The second-order valence-corrected chi connectivity index (χ2v) is 7.15. The summed E-state index contributed by atoms with van der Waals surface area (Å²) in [6, 6.07) is 10.8. The van der Waals surface area contributed by atoms with E-state index < -0.39 is 16.7 Å². The molecule has 0 heterocycles. The molecule has 2 N–H and O–H groups in total. The van der Waals surface area contributed by atoms with E-state index in [0.717, 1.165) is 30.7 Å². The van der Waals surface area contributed by atoms with E-state index in [9.17, 15) is 8.78 Å². The van der Waals surface area contributed by atoms with Crippen molar-refractivity contribution in [3.63, 3.8) is 0 Å². The molecule has 0 radical (unpaired) electrons. The largest absolute Gasteiger partial charge is 0.328 e. The normalized spacial score (nSPS) is 21.0. The maximum atomic E-state index is 13.6. The number of halogens is 3. The van der Waals surface area contributed by atoms with Crippen LogP contribution >= 0.6 is 11.6 Å². The summed E-state index contributed by atoms with van der Waals surface area (Å²) in [5, 5.41) is -0.456. The van der Waals surface area contributed by atoms with Crippen molar-refractivity contribution in [1.29, 1.82) is 0 Å². The van der Waals surface area contributed by atoms with E-state index in [0.29, 0.717) is 11.6 Å². The highest BCUT2D eigenvalue weighted by Crippen LogP contribution is 2.29. The molecule has 1 nitrogen and oxygen atoms in total. The molecule has 2 aromatic rings. The quantitative estimate of drug-likeness (QED) is 0.700. The summed E-state index contributed by atoms with van der Waals surface area (Å²) < 4.78 is 27.2. The van der Waals surface area contributed by atoms with Crippen molar-refractivity contribution >= 4 is 11.6 Å². The molecule has 0 saturated heterocycles. The minimum absolute atomic E-state index is 0.390. The van der Waals surface area contributed by atoms with Crippen LogP contribution in [0.3, 0.4) is 0 Å². The summed E-state index contributed by atoms with van der Waals surface area (Å²) in [6.07, 6.45) is 6.93. The molecule has 1 saturated carbocycles. The van der Waals surface area contributed by atoms with Gasteiger partial charge in [-0.2, -0.15) is 0 Å². The molecular weight excluding hydrogens is 328 g/mol. The molecule has 1 fully saturated rings. The van der Waals surface area contributed by atoms with Crippen LogP contribution in [-0.2, 0) is 6.42 Å². The Bertz CT molecular complexity index is 668. The van der Waals surface area contributed by atoms with E-state index in [1.54, 1.807) is 0 Å². The summed E-state index contributed by atoms with van der Waals surface area (Å²) in [5.41, 5.74) is 8.49. The van der Waals surface area contributed by atoms with Gasteiger partial charge >= 0.3 is 0 Å². The Kier molecular flexibility index (Phi) is 5.52. The predicted molar refractivity (Wildman–Crippen MR) is 95.1 cm³/mol. The van der Waals surface area contributed by atoms with E-state index in [4.69, 9.17) is 17.3 Å². The van der Waals surface area contributed by atoms with Crippen LogP contribution in [0.15, 0.2) is 36.4 Å². The van der Waals surface area contributed by atoms with Crippen molar-refractivity contribution in [1.82, 2.24) is 0 Å². The summed E-state index contributed by atoms with van der Waals surface area (Å²) in [4.78, 5) is 0. The van der Waals surface area contributed by atoms with E-state index >= 15 is 0 Å². The molecule has 0 amide bonds. The molecule has 0 aliphatic heterocycles. The lowest BCUT2D eigenvalue weighted by atomic mass is 9.83. The first-order chi connectivity index (χ1) is 11.5. The number of benzene rings is 2. The molecule has 0 bridgehead atoms. The fraction of sp³-hybridized carbons (Fsp3) is 0.400. The first kappa shape index (κ1) is 17.4. The molecule has 0 unspecified atom stereocenters. The number of nitrogens with two attached hydrogens (primary N) is 1. The summed E-state index contributed by atoms with van der Waals surface area (Å²) in [5.74, 6) is -0.693. The van der Waals surface area contributed by atoms with Gasteiger partial charge in [-0.1, -0.05) is 35.9 Å². The highest BCUT2D eigenvalue weighted by atomic mass is 35.5. The first-order valence-corrected chi connectivity index (χ1v) is 8.90. The zero-order valence-electron chi connectivity index (χ0n) is 13.6. The van der Waals surface area contributed by atoms with Crippen molar-refractivity contribution < 1.29 is 8.78 Å². The van der Waals surface area contributed by atoms with Crippen molar-refractivity contribution in [3.8, 4) is 11.1 Å². The molecule has 1 aliphatic carbocycles. The van der Waals surface area contributed by atoms with Gasteiger partial charge in [0, 0.05) is 6.04 Å². The van der Waals surface area contributed by atoms with Crippen LogP contribution in [0.5, 0.6) is 0 Å². The lowest BCUT2D eigenvalue weighted by molar-refractivity contribution is 0.311. The Morgan fingerprint density at radius 3 is 2.08 bits per heavy atom. The zero-order valence-corrected chi connectivity index (χ0v) is 14.3. The SMILES string of the molecule is NC1CCC(CCc2ccc(-c3cc(F)c(Cl)c(F)c3)cc2)CC1. The molecule has 24 heavy (non-hydrogen) atoms. The van der Waals surface area contributed by atoms with Gasteiger partial charge in [0.25, 0.3) is 0 Å². The van der Waals surface area contributed by atoms with Crippen molar-refractivity contribution in [3.05, 3.63) is 58.6 Å². The molecule has 0 aromatic heterocycles. The maximum absolute atomic E-state index is 13.6. The molecule has 1 aliphatic rings. The Labute approximate surface area is 146 Å². The van der Waals surface area contributed by atoms with Crippen molar-refractivity contribution in [2.24, 2.45) is 11.7 Å². The second-order valence-electron chi connectivity index (χ2n) is 6.77. The minimum Gasteiger partial charge on any atom is -0.328 e.